The third kappa shape index (κ3) is 12.1. The Hall–Kier alpha value is -4.18. The largest absolute Gasteiger partial charge is 0.459 e. The zero-order valence-corrected chi connectivity index (χ0v) is 39.0. The molecule has 9 nitrogen and oxygen atoms in total. The van der Waals surface area contributed by atoms with Gasteiger partial charge in [-0.2, -0.15) is 0 Å². The normalized spacial score (nSPS) is 23.4. The molecule has 6 rings (SSSR count). The Morgan fingerprint density at radius 1 is 0.873 bits per heavy atom. The number of unbranched alkanes of at least 4 members (excludes halogenated alkanes) is 10. The predicted molar refractivity (Wildman–Crippen MR) is 254 cm³/mol. The van der Waals surface area contributed by atoms with Crippen molar-refractivity contribution in [3.8, 4) is 17.2 Å². The number of fused-ring (bicyclic) bond motifs is 3. The fourth-order valence-electron chi connectivity index (χ4n) is 10.3. The summed E-state index contributed by atoms with van der Waals surface area (Å²) in [4.78, 5) is 22.6. The van der Waals surface area contributed by atoms with Crippen LogP contribution in [0.1, 0.15) is 148 Å². The quantitative estimate of drug-likeness (QED) is 0.0496. The van der Waals surface area contributed by atoms with Gasteiger partial charge in [-0.05, 0) is 111 Å². The van der Waals surface area contributed by atoms with E-state index in [0.29, 0.717) is 30.8 Å². The molecule has 2 aliphatic carbocycles. The highest BCUT2D eigenvalue weighted by Gasteiger charge is 2.65. The van der Waals surface area contributed by atoms with Crippen molar-refractivity contribution in [2.24, 2.45) is 22.9 Å². The van der Waals surface area contributed by atoms with Gasteiger partial charge in [0.25, 0.3) is 0 Å². The van der Waals surface area contributed by atoms with E-state index in [2.05, 4.69) is 49.9 Å². The average molecular weight is 865 g/mol. The van der Waals surface area contributed by atoms with Crippen LogP contribution in [0.25, 0.3) is 10.8 Å². The Morgan fingerprint density at radius 3 is 2.24 bits per heavy atom. The number of aliphatic hydroxyl groups is 2. The minimum absolute atomic E-state index is 0.0651. The van der Waals surface area contributed by atoms with Crippen LogP contribution in [-0.4, -0.2) is 71.0 Å². The van der Waals surface area contributed by atoms with Gasteiger partial charge >= 0.3 is 0 Å². The molecule has 1 saturated carbocycles. The molecule has 3 aromatic carbocycles. The highest BCUT2D eigenvalue weighted by atomic mass is 16.7. The van der Waals surface area contributed by atoms with E-state index < -0.39 is 17.4 Å². The van der Waals surface area contributed by atoms with Crippen LogP contribution >= 0.6 is 0 Å². The molecule has 344 valence electrons. The van der Waals surface area contributed by atoms with Crippen LogP contribution < -0.4 is 9.47 Å². The SMILES string of the molecule is C=CCO[C@@]12Oc3ccc(Oc4ccc5ccccc5c4)cc3[C@H]3[C@H](CCCCO)[C@@H](CCCCO)C=C(C(=NOC(C)(C)C)C[C@@H]1N(C)C(=O)CCCCCCCCCCC)[C@H]32. The maximum absolute atomic E-state index is 14.4. The van der Waals surface area contributed by atoms with E-state index in [1.165, 1.54) is 38.5 Å². The van der Waals surface area contributed by atoms with E-state index >= 15 is 0 Å². The van der Waals surface area contributed by atoms with Gasteiger partial charge in [0.1, 0.15) is 28.9 Å². The van der Waals surface area contributed by atoms with E-state index in [0.717, 1.165) is 84.7 Å². The van der Waals surface area contributed by atoms with Gasteiger partial charge in [0.2, 0.25) is 11.7 Å². The van der Waals surface area contributed by atoms with Gasteiger partial charge < -0.3 is 34.2 Å². The van der Waals surface area contributed by atoms with Crippen molar-refractivity contribution < 1.29 is 34.1 Å². The molecule has 63 heavy (non-hydrogen) atoms. The van der Waals surface area contributed by atoms with Crippen molar-refractivity contribution in [3.05, 3.63) is 90.5 Å². The van der Waals surface area contributed by atoms with Crippen LogP contribution in [0.2, 0.25) is 0 Å². The molecule has 9 heteroatoms. The molecule has 3 aliphatic rings. The first-order valence-electron chi connectivity index (χ1n) is 24.2. The number of aliphatic hydroxyl groups excluding tert-OH is 2. The lowest BCUT2D eigenvalue weighted by Crippen LogP contribution is -2.69. The van der Waals surface area contributed by atoms with Gasteiger partial charge in [-0.1, -0.05) is 119 Å². The molecule has 0 spiro atoms. The van der Waals surface area contributed by atoms with Crippen molar-refractivity contribution in [1.29, 1.82) is 0 Å². The number of allylic oxidation sites excluding steroid dienone is 1. The second-order valence-electron chi connectivity index (χ2n) is 19.2. The van der Waals surface area contributed by atoms with Crippen LogP contribution in [0, 0.1) is 17.8 Å². The van der Waals surface area contributed by atoms with Crippen LogP contribution in [0.5, 0.6) is 17.2 Å². The number of hydrogen-bond donors (Lipinski definition) is 2. The monoisotopic (exact) mass is 865 g/mol. The number of carbonyl (C=O) groups excluding carboxylic acids is 1. The number of hydrogen-bond acceptors (Lipinski definition) is 8. The Bertz CT molecular complexity index is 2000. The number of rotatable bonds is 25. The number of ether oxygens (including phenoxy) is 3. The molecule has 3 aromatic rings. The van der Waals surface area contributed by atoms with E-state index in [1.54, 1.807) is 6.08 Å². The lowest BCUT2D eigenvalue weighted by atomic mass is 9.55. The number of oxime groups is 1. The molecule has 1 aliphatic heterocycles. The number of amides is 1. The predicted octanol–water partition coefficient (Wildman–Crippen LogP) is 12.4. The summed E-state index contributed by atoms with van der Waals surface area (Å²) in [6.45, 7) is 12.8. The van der Waals surface area contributed by atoms with Gasteiger partial charge in [0.15, 0.2) is 0 Å². The minimum Gasteiger partial charge on any atom is -0.459 e. The third-order valence-corrected chi connectivity index (χ3v) is 13.4. The number of benzene rings is 3. The van der Waals surface area contributed by atoms with Crippen LogP contribution in [-0.2, 0) is 14.4 Å². The summed E-state index contributed by atoms with van der Waals surface area (Å²) in [6, 6.07) is 20.0. The summed E-state index contributed by atoms with van der Waals surface area (Å²) in [6.07, 6.45) is 20.5. The van der Waals surface area contributed by atoms with E-state index in [1.807, 2.05) is 63.1 Å². The maximum atomic E-state index is 14.4. The summed E-state index contributed by atoms with van der Waals surface area (Å²) in [5, 5.41) is 27.1. The second kappa shape index (κ2) is 23.1. The van der Waals surface area contributed by atoms with Crippen molar-refractivity contribution in [3.63, 3.8) is 0 Å². The first-order chi connectivity index (χ1) is 30.5. The lowest BCUT2D eigenvalue weighted by Gasteiger charge is -2.59. The van der Waals surface area contributed by atoms with E-state index in [-0.39, 0.29) is 49.4 Å². The van der Waals surface area contributed by atoms with Gasteiger partial charge in [-0.3, -0.25) is 4.79 Å². The lowest BCUT2D eigenvalue weighted by molar-refractivity contribution is -0.255. The van der Waals surface area contributed by atoms with Crippen molar-refractivity contribution in [2.75, 3.05) is 26.9 Å². The maximum Gasteiger partial charge on any atom is 0.239 e. The van der Waals surface area contributed by atoms with E-state index in [9.17, 15) is 15.0 Å². The molecular weight excluding hydrogens is 789 g/mol. The number of likely N-dealkylation sites (N-methyl/N-ethyl adjacent to an activating group) is 1. The summed E-state index contributed by atoms with van der Waals surface area (Å²) in [5.74, 6) is 0.742. The first-order valence-corrected chi connectivity index (χ1v) is 24.2. The topological polar surface area (TPSA) is 110 Å². The van der Waals surface area contributed by atoms with Gasteiger partial charge in [0.05, 0.1) is 18.2 Å². The first kappa shape index (κ1) is 48.3. The summed E-state index contributed by atoms with van der Waals surface area (Å²) in [5.41, 5.74) is 2.33. The molecule has 2 N–H and O–H groups in total. The van der Waals surface area contributed by atoms with Crippen molar-refractivity contribution >= 4 is 22.4 Å². The van der Waals surface area contributed by atoms with Gasteiger partial charge in [-0.15, -0.1) is 6.58 Å². The highest BCUT2D eigenvalue weighted by Crippen LogP contribution is 2.62. The number of nitrogens with zero attached hydrogens (tertiary/aromatic N) is 2. The van der Waals surface area contributed by atoms with Gasteiger partial charge in [0, 0.05) is 44.6 Å². The molecule has 0 unspecified atom stereocenters. The molecule has 0 bridgehead atoms. The zero-order valence-electron chi connectivity index (χ0n) is 39.0. The Kier molecular flexibility index (Phi) is 17.7. The molecule has 1 amide bonds. The zero-order chi connectivity index (χ0) is 44.8. The summed E-state index contributed by atoms with van der Waals surface area (Å²) >= 11 is 0. The molecule has 0 saturated heterocycles. The minimum atomic E-state index is -1.27. The van der Waals surface area contributed by atoms with Gasteiger partial charge in [-0.25, -0.2) is 0 Å². The second-order valence-corrected chi connectivity index (χ2v) is 19.2. The Labute approximate surface area is 377 Å². The molecule has 0 radical (unpaired) electrons. The molecule has 0 aromatic heterocycles. The molecule has 1 heterocycles. The van der Waals surface area contributed by atoms with E-state index in [4.69, 9.17) is 24.2 Å². The fraction of sp³-hybridized carbons (Fsp3) is 0.593. The summed E-state index contributed by atoms with van der Waals surface area (Å²) < 4.78 is 21.1. The standard InChI is InChI=1S/C54H76N2O7/c1-7-9-10-11-12-13-14-15-16-27-50(59)56(6)49-38-47(55-63-53(3,4)5)45-36-41(25-19-21-32-57)44(26-20-22-33-58)51-46-37-43(61-42-29-28-39-23-17-18-24-40(39)35-42)30-31-48(46)62-54(49,52(45)51)60-34-8-2/h8,17-18,23-24,28-31,35-37,41,44,49,51-52,57-58H,2,7,9-16,19-22,25-27,32-34,38H2,1,3-6H3/t41-,44+,49-,51+,52+,54+/m0/s1. The average Bonchev–Trinajstić information content (AvgIpc) is 3.27. The summed E-state index contributed by atoms with van der Waals surface area (Å²) in [7, 11) is 1.91. The third-order valence-electron chi connectivity index (χ3n) is 13.4. The smallest absolute Gasteiger partial charge is 0.239 e. The molecular formula is C54H76N2O7. The Morgan fingerprint density at radius 2 is 1.54 bits per heavy atom. The molecule has 1 fully saturated rings. The van der Waals surface area contributed by atoms with Crippen molar-refractivity contribution in [1.82, 2.24) is 4.90 Å². The van der Waals surface area contributed by atoms with Crippen LogP contribution in [0.4, 0.5) is 0 Å². The van der Waals surface area contributed by atoms with Crippen LogP contribution in [0.3, 0.4) is 0 Å². The number of carbonyl (C=O) groups is 1. The van der Waals surface area contributed by atoms with Crippen molar-refractivity contribution in [2.45, 2.75) is 160 Å². The molecule has 6 atom stereocenters. The fourth-order valence-corrected chi connectivity index (χ4v) is 10.3. The van der Waals surface area contributed by atoms with Crippen LogP contribution in [0.15, 0.2) is 90.1 Å². The Balaban J connectivity index is 1.44. The highest BCUT2D eigenvalue weighted by molar-refractivity contribution is 6.03.